The average molecular weight is 1960 g/mol. The minimum absolute atomic E-state index is 0.0416. The van der Waals surface area contributed by atoms with Crippen LogP contribution in [0, 0.1) is 12.7 Å². The van der Waals surface area contributed by atoms with E-state index in [2.05, 4.69) is 357 Å². The summed E-state index contributed by atoms with van der Waals surface area (Å²) < 4.78 is 52.7. The number of alkyl halides is 3. The number of H-pyrrole nitrogens is 8. The van der Waals surface area contributed by atoms with Gasteiger partial charge < -0.3 is 44.8 Å². The summed E-state index contributed by atoms with van der Waals surface area (Å²) in [4.78, 5) is 49.8. The Morgan fingerprint density at radius 3 is 1.26 bits per heavy atom. The van der Waals surface area contributed by atoms with Crippen molar-refractivity contribution in [2.24, 2.45) is 0 Å². The molecule has 0 bridgehead atoms. The maximum absolute atomic E-state index is 13.7. The summed E-state index contributed by atoms with van der Waals surface area (Å²) in [5, 5.41) is 11.2. The Bertz CT molecular complexity index is 7260. The summed E-state index contributed by atoms with van der Waals surface area (Å²) in [7, 11) is 0. The van der Waals surface area contributed by atoms with Gasteiger partial charge in [0.25, 0.3) is 5.91 Å². The van der Waals surface area contributed by atoms with E-state index in [4.69, 9.17) is 11.6 Å². The molecule has 20 rings (SSSR count). The van der Waals surface area contributed by atoms with E-state index in [-0.39, 0.29) is 55.0 Å². The van der Waals surface area contributed by atoms with E-state index in [9.17, 15) is 22.4 Å². The van der Waals surface area contributed by atoms with Crippen molar-refractivity contribution >= 4 is 116 Å². The fourth-order valence-electron chi connectivity index (χ4n) is 18.5. The third kappa shape index (κ3) is 27.7. The normalized spacial score (nSPS) is 13.0. The molecule has 19 aromatic rings. The molecule has 0 aliphatic carbocycles. The van der Waals surface area contributed by atoms with Gasteiger partial charge in [-0.1, -0.05) is 292 Å². The molecule has 17 heteroatoms. The summed E-state index contributed by atoms with van der Waals surface area (Å²) in [6, 6.07) is 69.5. The van der Waals surface area contributed by atoms with Crippen molar-refractivity contribution in [2.45, 2.75) is 301 Å². The van der Waals surface area contributed by atoms with E-state index in [1.165, 1.54) is 112 Å². The first-order valence-electron chi connectivity index (χ1n) is 51.0. The number of imidazole rings is 1. The summed E-state index contributed by atoms with van der Waals surface area (Å²) in [5.74, 6) is 1.51. The maximum atomic E-state index is 13.7. The number of aromatic amines is 8. The van der Waals surface area contributed by atoms with E-state index >= 15 is 0 Å². The number of nitrogens with zero attached hydrogens (tertiary/aromatic N) is 3. The SMILES string of the molecule is CC(C)(C)c1cc2[nH]ccc2cc1C(=O)N1CCCCC1.CC(C)(C)c1cc2[nH]ccc2cc1C(F)(F)F.CC(C)(C)c1cc2[nH]ccc2cc1Cl.CC(C)(C)c1cc2[nH]ccc2cc1F.CC(C)(C)c1cc2cc[nH]c2cc1C(C)(C)C.CC(C)(C)c1ccc2nc(-c3ccccc3)[nH]c2c1.CC(C)c1cc2ccccc2cn1.CCc1cc2cc[nH]c2cc1C(C)(C)C.Cc1c[nH]c2cccc(C(C)(C)C)c12. The lowest BCUT2D eigenvalue weighted by Crippen LogP contribution is -2.36. The number of carbonyl (C=O) groups is 1. The summed E-state index contributed by atoms with van der Waals surface area (Å²) >= 11 is 6.23. The molecule has 1 saturated heterocycles. The van der Waals surface area contributed by atoms with Crippen LogP contribution in [0.2, 0.25) is 5.02 Å². The van der Waals surface area contributed by atoms with E-state index < -0.39 is 17.2 Å². The molecule has 0 unspecified atom stereocenters. The zero-order chi connectivity index (χ0) is 106. The molecular formula is C127H156ClF4N11O. The second kappa shape index (κ2) is 44.1. The molecule has 1 amide bonds. The van der Waals surface area contributed by atoms with Crippen molar-refractivity contribution in [1.29, 1.82) is 0 Å². The van der Waals surface area contributed by atoms with Crippen LogP contribution in [0.15, 0.2) is 256 Å². The minimum Gasteiger partial charge on any atom is -0.361 e. The first kappa shape index (κ1) is 110. The lowest BCUT2D eigenvalue weighted by Gasteiger charge is -2.30. The van der Waals surface area contributed by atoms with Crippen molar-refractivity contribution in [3.05, 3.63) is 345 Å². The molecular weight excluding hydrogens is 1810 g/mol. The second-order valence-corrected chi connectivity index (χ2v) is 48.6. The number of nitrogens with one attached hydrogen (secondary N) is 8. The standard InChI is InChI=1S/C18H24N2O.C17H18N2.C16H23N.C14H19N.C13H14F3N.C13H17N.C12H14ClN.C12H14FN.C12H13N/c1-18(2,3)15-12-16-13(7-8-19-16)11-14(15)17(21)20-9-5-4-6-10-20;1-17(2,3)13-9-10-14-15(11-13)19-16(18-14)12-7-5-4-6-8-12;1-15(2,3)12-9-11-7-8-17-14(11)10-13(12)16(4,5)6;1-5-10-8-11-6-7-15-13(11)9-12(10)14(2,3)4;1-12(2,3)9-7-11-8(4-5-17-11)6-10(9)13(14,15)16;1-9-8-14-11-7-5-6-10(12(9)11)13(2,3)4;2*1-12(2,3)9-7-11-8(4-5-14-11)6-10(9)13;1-9(2)12-7-10-5-3-4-6-11(10)8-13-12/h7-8,11-12,19H,4-6,9-10H2,1-3H3;4-11H,1-3H3,(H,18,19);7-10,17H,1-6H3;6-9,15H,5H2,1-4H3;4-7,17H,1-3H3;5-8,14H,1-4H3;2*4-7,14H,1-3H3;3-9H,1-2H3. The number of hydrogen-bond acceptors (Lipinski definition) is 3. The van der Waals surface area contributed by atoms with Crippen molar-refractivity contribution in [3.63, 3.8) is 0 Å². The molecule has 760 valence electrons. The van der Waals surface area contributed by atoms with Gasteiger partial charge in [0.1, 0.15) is 11.6 Å². The quantitative estimate of drug-likeness (QED) is 0.0822. The zero-order valence-electron chi connectivity index (χ0n) is 91.2. The lowest BCUT2D eigenvalue weighted by atomic mass is 9.75. The largest absolute Gasteiger partial charge is 0.416 e. The predicted molar refractivity (Wildman–Crippen MR) is 608 cm³/mol. The Morgan fingerprint density at radius 1 is 0.375 bits per heavy atom. The fourth-order valence-corrected chi connectivity index (χ4v) is 19.0. The Labute approximate surface area is 857 Å². The predicted octanol–water partition coefficient (Wildman–Crippen LogP) is 36.7. The van der Waals surface area contributed by atoms with Gasteiger partial charge in [-0.15, -0.1) is 0 Å². The third-order valence-electron chi connectivity index (χ3n) is 26.7. The number of carbonyl (C=O) groups excluding carboxylic acids is 1. The van der Waals surface area contributed by atoms with Crippen LogP contribution < -0.4 is 0 Å². The number of aromatic nitrogens is 10. The van der Waals surface area contributed by atoms with Crippen molar-refractivity contribution in [2.75, 3.05) is 13.1 Å². The van der Waals surface area contributed by atoms with Gasteiger partial charge in [0, 0.05) is 150 Å². The monoisotopic (exact) mass is 1960 g/mol. The highest BCUT2D eigenvalue weighted by molar-refractivity contribution is 6.32. The Hall–Kier alpha value is -12.7. The molecule has 9 aromatic heterocycles. The zero-order valence-corrected chi connectivity index (χ0v) is 92.0. The Morgan fingerprint density at radius 2 is 0.792 bits per heavy atom. The van der Waals surface area contributed by atoms with Crippen LogP contribution in [0.5, 0.6) is 0 Å². The molecule has 0 radical (unpaired) electrons. The minimum atomic E-state index is -4.31. The topological polar surface area (TPSA) is 172 Å². The van der Waals surface area contributed by atoms with Gasteiger partial charge in [0.05, 0.1) is 16.6 Å². The van der Waals surface area contributed by atoms with Crippen LogP contribution in [0.3, 0.4) is 0 Å². The van der Waals surface area contributed by atoms with Crippen LogP contribution in [-0.4, -0.2) is 73.7 Å². The van der Waals surface area contributed by atoms with Gasteiger partial charge >= 0.3 is 6.18 Å². The number of rotatable bonds is 4. The lowest BCUT2D eigenvalue weighted by molar-refractivity contribution is -0.138. The van der Waals surface area contributed by atoms with Crippen LogP contribution in [-0.2, 0) is 61.3 Å². The molecule has 1 aliphatic heterocycles. The van der Waals surface area contributed by atoms with Gasteiger partial charge in [0.2, 0.25) is 0 Å². The average Bonchev–Trinajstić information content (AvgIpc) is 1.50. The smallest absolute Gasteiger partial charge is 0.361 e. The van der Waals surface area contributed by atoms with Gasteiger partial charge in [-0.05, 0) is 303 Å². The van der Waals surface area contributed by atoms with E-state index in [0.717, 1.165) is 109 Å². The van der Waals surface area contributed by atoms with Gasteiger partial charge in [-0.2, -0.15) is 13.2 Å². The van der Waals surface area contributed by atoms with E-state index in [0.29, 0.717) is 16.9 Å². The molecule has 0 saturated carbocycles. The van der Waals surface area contributed by atoms with Crippen LogP contribution in [0.25, 0.3) is 110 Å². The highest BCUT2D eigenvalue weighted by Crippen LogP contribution is 2.43. The number of aryl methyl sites for hydroxylation is 2. The Balaban J connectivity index is 0.000000145. The first-order valence-corrected chi connectivity index (χ1v) is 51.4. The number of halogens is 5. The number of amides is 1. The highest BCUT2D eigenvalue weighted by Gasteiger charge is 2.38. The number of fused-ring (bicyclic) bond motifs is 9. The highest BCUT2D eigenvalue weighted by atomic mass is 35.5. The summed E-state index contributed by atoms with van der Waals surface area (Å²) in [5.41, 5.74) is 26.1. The Kier molecular flexibility index (Phi) is 33.7. The van der Waals surface area contributed by atoms with Crippen molar-refractivity contribution in [1.82, 2.24) is 54.7 Å². The van der Waals surface area contributed by atoms with E-state index in [1.807, 2.05) is 117 Å². The molecule has 1 fully saturated rings. The fraction of sp³-hybridized carbons (Fsp3) is 0.378. The molecule has 8 N–H and O–H groups in total. The van der Waals surface area contributed by atoms with Crippen molar-refractivity contribution < 1.29 is 22.4 Å². The van der Waals surface area contributed by atoms with E-state index in [1.54, 1.807) is 45.2 Å². The summed E-state index contributed by atoms with van der Waals surface area (Å²) in [6.07, 6.45) is 15.7. The van der Waals surface area contributed by atoms with Crippen LogP contribution >= 0.6 is 11.6 Å². The van der Waals surface area contributed by atoms with Crippen LogP contribution in [0.4, 0.5) is 17.6 Å². The number of benzene rings is 10. The molecule has 1 aliphatic rings. The molecule has 0 spiro atoms. The molecule has 10 aromatic carbocycles. The molecule has 12 nitrogen and oxygen atoms in total. The number of likely N-dealkylation sites (tertiary alicyclic amines) is 1. The number of hydrogen-bond donors (Lipinski definition) is 8. The number of piperidine rings is 1. The number of pyridine rings is 1. The molecule has 144 heavy (non-hydrogen) atoms. The maximum Gasteiger partial charge on any atom is 0.416 e. The van der Waals surface area contributed by atoms with Gasteiger partial charge in [-0.25, -0.2) is 9.37 Å². The third-order valence-corrected chi connectivity index (χ3v) is 27.0. The van der Waals surface area contributed by atoms with Crippen molar-refractivity contribution in [3.8, 4) is 11.4 Å². The van der Waals surface area contributed by atoms with Crippen LogP contribution in [0.1, 0.15) is 316 Å². The van der Waals surface area contributed by atoms with Gasteiger partial charge in [0.15, 0.2) is 0 Å². The summed E-state index contributed by atoms with van der Waals surface area (Å²) in [6.45, 7) is 68.9. The van der Waals surface area contributed by atoms with Gasteiger partial charge in [-0.3, -0.25) is 9.78 Å². The molecule has 0 atom stereocenters. The first-order chi connectivity index (χ1) is 67.1. The molecule has 10 heterocycles. The second-order valence-electron chi connectivity index (χ2n) is 48.2.